The molecule has 4 heterocycles. The van der Waals surface area contributed by atoms with Crippen LogP contribution in [-0.2, 0) is 17.8 Å². The zero-order chi connectivity index (χ0) is 27.8. The fourth-order valence-electron chi connectivity index (χ4n) is 5.83. The minimum atomic E-state index is -0.686. The number of carbonyl (C=O) groups excluding carboxylic acids is 2. The summed E-state index contributed by atoms with van der Waals surface area (Å²) in [7, 11) is 0. The van der Waals surface area contributed by atoms with E-state index in [1.54, 1.807) is 6.07 Å². The summed E-state index contributed by atoms with van der Waals surface area (Å²) in [5, 5.41) is 3.17. The molecule has 7 nitrogen and oxygen atoms in total. The van der Waals surface area contributed by atoms with Crippen LogP contribution in [0.3, 0.4) is 0 Å². The van der Waals surface area contributed by atoms with Gasteiger partial charge in [-0.3, -0.25) is 9.59 Å². The highest BCUT2D eigenvalue weighted by Crippen LogP contribution is 2.33. The molecule has 0 spiro atoms. The summed E-state index contributed by atoms with van der Waals surface area (Å²) in [5.41, 5.74) is 6.91. The largest absolute Gasteiger partial charge is 0.368 e. The number of nitrogens with one attached hydrogen (secondary N) is 1. The number of ketones is 1. The second-order valence-electron chi connectivity index (χ2n) is 10.6. The SMILES string of the molecule is Cc1cc(C)nc(N2CCN(c3ccc(NC(=O)C(=O)c4c(-c5ccccc5)cc5n4CCC5)c(Cl)c3)CC2)c1. The standard InChI is InChI=1S/C32H32ClN5O2/c1-21-17-22(2)34-29(18-21)37-15-13-36(14-16-37)24-10-11-28(27(33)20-24)35-32(40)31(39)30-26(23-7-4-3-5-8-23)19-25-9-6-12-38(25)30/h3-5,7-8,10-11,17-20H,6,9,12-16H2,1-2H3,(H,35,40). The number of hydrogen-bond acceptors (Lipinski definition) is 5. The van der Waals surface area contributed by atoms with Gasteiger partial charge in [0.15, 0.2) is 0 Å². The highest BCUT2D eigenvalue weighted by atomic mass is 35.5. The van der Waals surface area contributed by atoms with Crippen molar-refractivity contribution in [3.8, 4) is 11.1 Å². The molecular formula is C32H32ClN5O2. The molecule has 1 fully saturated rings. The Hall–Kier alpha value is -4.10. The zero-order valence-corrected chi connectivity index (χ0v) is 23.5. The van der Waals surface area contributed by atoms with Crippen LogP contribution < -0.4 is 15.1 Å². The molecule has 2 aromatic heterocycles. The number of nitrogens with zero attached hydrogens (tertiary/aromatic N) is 4. The number of aromatic nitrogens is 2. The van der Waals surface area contributed by atoms with Crippen LogP contribution in [0, 0.1) is 13.8 Å². The van der Waals surface area contributed by atoms with Crippen molar-refractivity contribution in [1.29, 1.82) is 0 Å². The van der Waals surface area contributed by atoms with Gasteiger partial charge >= 0.3 is 0 Å². The number of carbonyl (C=O) groups is 2. The van der Waals surface area contributed by atoms with E-state index in [0.717, 1.165) is 79.6 Å². The van der Waals surface area contributed by atoms with Crippen molar-refractivity contribution in [2.24, 2.45) is 0 Å². The summed E-state index contributed by atoms with van der Waals surface area (Å²) in [6.45, 7) is 8.22. The number of piperazine rings is 1. The molecule has 1 N–H and O–H groups in total. The van der Waals surface area contributed by atoms with E-state index >= 15 is 0 Å². The van der Waals surface area contributed by atoms with Crippen LogP contribution in [0.15, 0.2) is 66.7 Å². The summed E-state index contributed by atoms with van der Waals surface area (Å²) < 4.78 is 1.99. The number of aryl methyl sites for hydroxylation is 3. The van der Waals surface area contributed by atoms with Gasteiger partial charge in [0.1, 0.15) is 11.5 Å². The number of fused-ring (bicyclic) bond motifs is 1. The van der Waals surface area contributed by atoms with Crippen molar-refractivity contribution in [2.45, 2.75) is 33.2 Å². The summed E-state index contributed by atoms with van der Waals surface area (Å²) in [4.78, 5) is 36.0. The number of rotatable bonds is 6. The van der Waals surface area contributed by atoms with Gasteiger partial charge in [-0.15, -0.1) is 0 Å². The van der Waals surface area contributed by atoms with Crippen LogP contribution in [0.1, 0.15) is 33.9 Å². The van der Waals surface area contributed by atoms with Crippen molar-refractivity contribution in [3.05, 3.63) is 94.4 Å². The van der Waals surface area contributed by atoms with Crippen LogP contribution >= 0.6 is 11.6 Å². The molecule has 0 bridgehead atoms. The fraction of sp³-hybridized carbons (Fsp3) is 0.281. The maximum Gasteiger partial charge on any atom is 0.298 e. The van der Waals surface area contributed by atoms with Crippen molar-refractivity contribution in [1.82, 2.24) is 9.55 Å². The van der Waals surface area contributed by atoms with Crippen LogP contribution in [0.5, 0.6) is 0 Å². The number of hydrogen-bond donors (Lipinski definition) is 1. The van der Waals surface area contributed by atoms with E-state index in [1.807, 2.05) is 60.0 Å². The molecule has 2 aromatic carbocycles. The molecule has 204 valence electrons. The lowest BCUT2D eigenvalue weighted by molar-refractivity contribution is -0.112. The van der Waals surface area contributed by atoms with Crippen molar-refractivity contribution in [2.75, 3.05) is 41.3 Å². The van der Waals surface area contributed by atoms with E-state index in [2.05, 4.69) is 34.2 Å². The average molecular weight is 554 g/mol. The normalized spacial score (nSPS) is 14.8. The topological polar surface area (TPSA) is 70.5 Å². The first-order chi connectivity index (χ1) is 19.4. The number of Topliss-reactive ketones (excluding diaryl/α,β-unsaturated/α-hetero) is 1. The first kappa shape index (κ1) is 26.1. The predicted octanol–water partition coefficient (Wildman–Crippen LogP) is 5.91. The number of benzene rings is 2. The number of halogens is 1. The van der Waals surface area contributed by atoms with Crippen LogP contribution in [0.2, 0.25) is 5.02 Å². The van der Waals surface area contributed by atoms with E-state index < -0.39 is 11.7 Å². The van der Waals surface area contributed by atoms with E-state index in [-0.39, 0.29) is 0 Å². The Morgan fingerprint density at radius 2 is 1.62 bits per heavy atom. The zero-order valence-electron chi connectivity index (χ0n) is 22.8. The first-order valence-electron chi connectivity index (χ1n) is 13.8. The lowest BCUT2D eigenvalue weighted by Crippen LogP contribution is -2.46. The molecule has 0 saturated carbocycles. The van der Waals surface area contributed by atoms with Crippen molar-refractivity contribution in [3.63, 3.8) is 0 Å². The van der Waals surface area contributed by atoms with E-state index in [0.29, 0.717) is 16.4 Å². The third-order valence-electron chi connectivity index (χ3n) is 7.76. The van der Waals surface area contributed by atoms with Gasteiger partial charge in [-0.1, -0.05) is 41.9 Å². The molecule has 0 unspecified atom stereocenters. The van der Waals surface area contributed by atoms with Crippen LogP contribution in [0.25, 0.3) is 11.1 Å². The fourth-order valence-corrected chi connectivity index (χ4v) is 6.05. The monoisotopic (exact) mass is 553 g/mol. The molecule has 0 radical (unpaired) electrons. The van der Waals surface area contributed by atoms with Crippen LogP contribution in [0.4, 0.5) is 17.2 Å². The smallest absolute Gasteiger partial charge is 0.298 e. The Bertz CT molecular complexity index is 1570. The van der Waals surface area contributed by atoms with Gasteiger partial charge in [0, 0.05) is 55.4 Å². The van der Waals surface area contributed by atoms with Gasteiger partial charge in [-0.05, 0) is 74.2 Å². The van der Waals surface area contributed by atoms with Gasteiger partial charge in [-0.2, -0.15) is 0 Å². The number of pyridine rings is 1. The van der Waals surface area contributed by atoms with Gasteiger partial charge < -0.3 is 19.7 Å². The van der Waals surface area contributed by atoms with E-state index in [4.69, 9.17) is 16.6 Å². The highest BCUT2D eigenvalue weighted by Gasteiger charge is 2.29. The lowest BCUT2D eigenvalue weighted by Gasteiger charge is -2.37. The molecule has 4 aromatic rings. The lowest BCUT2D eigenvalue weighted by atomic mass is 10.0. The molecular weight excluding hydrogens is 522 g/mol. The second-order valence-corrected chi connectivity index (χ2v) is 11.0. The third-order valence-corrected chi connectivity index (χ3v) is 8.07. The maximum atomic E-state index is 13.5. The van der Waals surface area contributed by atoms with Crippen molar-refractivity contribution < 1.29 is 9.59 Å². The molecule has 40 heavy (non-hydrogen) atoms. The van der Waals surface area contributed by atoms with Gasteiger partial charge in [0.05, 0.1) is 10.7 Å². The molecule has 0 atom stereocenters. The molecule has 8 heteroatoms. The van der Waals surface area contributed by atoms with Crippen LogP contribution in [-0.4, -0.2) is 47.4 Å². The number of amides is 1. The average Bonchev–Trinajstić information content (AvgIpc) is 3.55. The van der Waals surface area contributed by atoms with Gasteiger partial charge in [0.2, 0.25) is 0 Å². The van der Waals surface area contributed by atoms with Gasteiger partial charge in [-0.25, -0.2) is 4.98 Å². The Morgan fingerprint density at radius 3 is 2.35 bits per heavy atom. The number of anilines is 3. The Morgan fingerprint density at radius 1 is 0.875 bits per heavy atom. The predicted molar refractivity (Wildman–Crippen MR) is 161 cm³/mol. The Balaban J connectivity index is 1.15. The quantitative estimate of drug-likeness (QED) is 0.237. The second kappa shape index (κ2) is 10.8. The van der Waals surface area contributed by atoms with E-state index in [1.165, 1.54) is 5.56 Å². The van der Waals surface area contributed by atoms with Crippen molar-refractivity contribution >= 4 is 40.5 Å². The summed E-state index contributed by atoms with van der Waals surface area (Å²) >= 11 is 6.62. The summed E-state index contributed by atoms with van der Waals surface area (Å²) in [5.74, 6) is -0.223. The Kier molecular flexibility index (Phi) is 7.07. The highest BCUT2D eigenvalue weighted by molar-refractivity contribution is 6.48. The molecule has 1 saturated heterocycles. The molecule has 2 aliphatic rings. The van der Waals surface area contributed by atoms with Gasteiger partial charge in [0.25, 0.3) is 11.7 Å². The van der Waals surface area contributed by atoms with E-state index in [9.17, 15) is 9.59 Å². The minimum absolute atomic E-state index is 0.403. The maximum absolute atomic E-state index is 13.5. The minimum Gasteiger partial charge on any atom is -0.368 e. The molecule has 2 aliphatic heterocycles. The first-order valence-corrected chi connectivity index (χ1v) is 14.1. The summed E-state index contributed by atoms with van der Waals surface area (Å²) in [6, 6.07) is 21.6. The third kappa shape index (κ3) is 5.09. The Labute approximate surface area is 239 Å². The molecule has 1 amide bonds. The summed E-state index contributed by atoms with van der Waals surface area (Å²) in [6.07, 6.45) is 1.87. The molecule has 6 rings (SSSR count). The molecule has 0 aliphatic carbocycles.